The minimum absolute atomic E-state index is 0.0177. The van der Waals surface area contributed by atoms with Crippen molar-refractivity contribution in [1.82, 2.24) is 10.2 Å². The first kappa shape index (κ1) is 21.2. The van der Waals surface area contributed by atoms with E-state index in [0.29, 0.717) is 24.6 Å². The predicted molar refractivity (Wildman–Crippen MR) is 114 cm³/mol. The number of hydrogen-bond donors (Lipinski definition) is 1. The molecular formula is C22H28N2O4S. The van der Waals surface area contributed by atoms with Gasteiger partial charge < -0.3 is 19.7 Å². The van der Waals surface area contributed by atoms with Crippen molar-refractivity contribution in [3.05, 3.63) is 46.2 Å². The summed E-state index contributed by atoms with van der Waals surface area (Å²) in [6.07, 6.45) is 3.31. The van der Waals surface area contributed by atoms with Crippen LogP contribution in [0, 0.1) is 5.92 Å². The lowest BCUT2D eigenvalue weighted by atomic mass is 9.93. The Balaban J connectivity index is 1.45. The Morgan fingerprint density at radius 3 is 2.83 bits per heavy atom. The molecule has 7 heteroatoms. The van der Waals surface area contributed by atoms with Crippen molar-refractivity contribution in [2.45, 2.75) is 32.2 Å². The van der Waals surface area contributed by atoms with Crippen molar-refractivity contribution in [2.75, 3.05) is 27.3 Å². The van der Waals surface area contributed by atoms with Crippen LogP contribution < -0.4 is 14.8 Å². The van der Waals surface area contributed by atoms with Gasteiger partial charge in [0.2, 0.25) is 5.91 Å². The van der Waals surface area contributed by atoms with Gasteiger partial charge in [0.1, 0.15) is 11.5 Å². The molecule has 156 valence electrons. The molecule has 3 rings (SSSR count). The average molecular weight is 417 g/mol. The number of piperidine rings is 1. The van der Waals surface area contributed by atoms with Crippen molar-refractivity contribution >= 4 is 23.2 Å². The first-order valence-electron chi connectivity index (χ1n) is 9.89. The Morgan fingerprint density at radius 2 is 2.10 bits per heavy atom. The summed E-state index contributed by atoms with van der Waals surface area (Å²) in [7, 11) is 3.21. The van der Waals surface area contributed by atoms with Gasteiger partial charge in [-0.05, 0) is 48.8 Å². The molecular weight excluding hydrogens is 388 g/mol. The van der Waals surface area contributed by atoms with Crippen LogP contribution in [0.5, 0.6) is 11.5 Å². The van der Waals surface area contributed by atoms with Crippen LogP contribution in [0.2, 0.25) is 0 Å². The maximum Gasteiger partial charge on any atom is 0.254 e. The van der Waals surface area contributed by atoms with E-state index < -0.39 is 0 Å². The summed E-state index contributed by atoms with van der Waals surface area (Å²) >= 11 is 1.54. The third-order valence-corrected chi connectivity index (χ3v) is 6.01. The van der Waals surface area contributed by atoms with Crippen LogP contribution in [-0.4, -0.2) is 44.0 Å². The van der Waals surface area contributed by atoms with Crippen LogP contribution in [0.1, 0.15) is 41.6 Å². The summed E-state index contributed by atoms with van der Waals surface area (Å²) in [5.74, 6) is 1.90. The quantitative estimate of drug-likeness (QED) is 0.712. The molecule has 29 heavy (non-hydrogen) atoms. The Kier molecular flexibility index (Phi) is 7.52. The summed E-state index contributed by atoms with van der Waals surface area (Å²) in [6, 6.07) is 7.43. The highest BCUT2D eigenvalue weighted by molar-refractivity contribution is 7.08. The fraction of sp³-hybridized carbons (Fsp3) is 0.455. The van der Waals surface area contributed by atoms with E-state index in [1.54, 1.807) is 14.2 Å². The minimum Gasteiger partial charge on any atom is -0.497 e. The molecule has 0 radical (unpaired) electrons. The van der Waals surface area contributed by atoms with Gasteiger partial charge in [-0.3, -0.25) is 9.59 Å². The van der Waals surface area contributed by atoms with Crippen LogP contribution in [0.4, 0.5) is 0 Å². The van der Waals surface area contributed by atoms with Crippen LogP contribution in [-0.2, 0) is 11.3 Å². The number of likely N-dealkylation sites (tertiary alicyclic amines) is 1. The molecule has 2 amide bonds. The van der Waals surface area contributed by atoms with Crippen molar-refractivity contribution in [2.24, 2.45) is 5.92 Å². The highest BCUT2D eigenvalue weighted by atomic mass is 32.1. The van der Waals surface area contributed by atoms with Crippen molar-refractivity contribution in [3.63, 3.8) is 0 Å². The molecule has 1 atom stereocenters. The number of ether oxygens (including phenoxy) is 2. The molecule has 0 saturated carbocycles. The first-order valence-corrected chi connectivity index (χ1v) is 10.8. The topological polar surface area (TPSA) is 67.9 Å². The van der Waals surface area contributed by atoms with E-state index in [-0.39, 0.29) is 11.8 Å². The molecule has 2 aromatic rings. The Bertz CT molecular complexity index is 822. The molecule has 1 aromatic carbocycles. The van der Waals surface area contributed by atoms with E-state index in [0.717, 1.165) is 49.2 Å². The molecule has 1 aliphatic rings. The zero-order valence-electron chi connectivity index (χ0n) is 17.0. The normalized spacial score (nSPS) is 16.3. The second-order valence-corrected chi connectivity index (χ2v) is 8.04. The largest absolute Gasteiger partial charge is 0.497 e. The molecule has 0 spiro atoms. The molecule has 1 saturated heterocycles. The van der Waals surface area contributed by atoms with Crippen LogP contribution >= 0.6 is 11.3 Å². The smallest absolute Gasteiger partial charge is 0.254 e. The summed E-state index contributed by atoms with van der Waals surface area (Å²) in [6.45, 7) is 1.95. The molecule has 6 nitrogen and oxygen atoms in total. The van der Waals surface area contributed by atoms with Gasteiger partial charge in [-0.15, -0.1) is 0 Å². The first-order chi connectivity index (χ1) is 14.1. The Labute approximate surface area is 175 Å². The summed E-state index contributed by atoms with van der Waals surface area (Å²) in [5, 5.41) is 6.79. The Hall–Kier alpha value is -2.54. The van der Waals surface area contributed by atoms with Crippen LogP contribution in [0.3, 0.4) is 0 Å². The maximum atomic E-state index is 12.5. The number of amides is 2. The monoisotopic (exact) mass is 416 g/mol. The molecule has 0 bridgehead atoms. The van der Waals surface area contributed by atoms with E-state index in [1.165, 1.54) is 11.3 Å². The van der Waals surface area contributed by atoms with Crippen LogP contribution in [0.15, 0.2) is 35.0 Å². The molecule has 0 aliphatic carbocycles. The van der Waals surface area contributed by atoms with E-state index in [9.17, 15) is 9.59 Å². The number of hydrogen-bond acceptors (Lipinski definition) is 5. The third kappa shape index (κ3) is 5.73. The lowest BCUT2D eigenvalue weighted by molar-refractivity contribution is -0.121. The van der Waals surface area contributed by atoms with Crippen LogP contribution in [0.25, 0.3) is 0 Å². The number of carbonyl (C=O) groups is 2. The van der Waals surface area contributed by atoms with E-state index in [1.807, 2.05) is 39.9 Å². The van der Waals surface area contributed by atoms with Gasteiger partial charge >= 0.3 is 0 Å². The molecule has 1 unspecified atom stereocenters. The summed E-state index contributed by atoms with van der Waals surface area (Å²) in [5.41, 5.74) is 1.67. The molecule has 2 heterocycles. The SMILES string of the molecule is COc1ccc(CNC(=O)CCC2CCCN(C(=O)c3ccsc3)C2)c(OC)c1. The van der Waals surface area contributed by atoms with Crippen molar-refractivity contribution in [3.8, 4) is 11.5 Å². The van der Waals surface area contributed by atoms with Gasteiger partial charge in [-0.1, -0.05) is 0 Å². The number of methoxy groups -OCH3 is 2. The van der Waals surface area contributed by atoms with E-state index >= 15 is 0 Å². The summed E-state index contributed by atoms with van der Waals surface area (Å²) < 4.78 is 10.6. The molecule has 1 aliphatic heterocycles. The number of benzene rings is 1. The maximum absolute atomic E-state index is 12.5. The molecule has 1 aromatic heterocycles. The van der Waals surface area contributed by atoms with Crippen molar-refractivity contribution in [1.29, 1.82) is 0 Å². The number of nitrogens with zero attached hydrogens (tertiary/aromatic N) is 1. The van der Waals surface area contributed by atoms with Gasteiger partial charge in [-0.2, -0.15) is 11.3 Å². The van der Waals surface area contributed by atoms with E-state index in [4.69, 9.17) is 9.47 Å². The number of thiophene rings is 1. The fourth-order valence-electron chi connectivity index (χ4n) is 3.67. The summed E-state index contributed by atoms with van der Waals surface area (Å²) in [4.78, 5) is 26.8. The zero-order chi connectivity index (χ0) is 20.6. The number of rotatable bonds is 8. The standard InChI is InChI=1S/C22H28N2O4S/c1-27-19-7-6-17(20(12-19)28-2)13-23-21(25)8-5-16-4-3-10-24(14-16)22(26)18-9-11-29-15-18/h6-7,9,11-12,15-16H,3-5,8,10,13-14H2,1-2H3,(H,23,25). The van der Waals surface area contributed by atoms with E-state index in [2.05, 4.69) is 5.32 Å². The van der Waals surface area contributed by atoms with Gasteiger partial charge in [-0.25, -0.2) is 0 Å². The second kappa shape index (κ2) is 10.3. The minimum atomic E-state index is 0.0177. The second-order valence-electron chi connectivity index (χ2n) is 7.26. The van der Waals surface area contributed by atoms with Gasteiger partial charge in [0.05, 0.1) is 19.8 Å². The van der Waals surface area contributed by atoms with Gasteiger partial charge in [0, 0.05) is 43.1 Å². The lowest BCUT2D eigenvalue weighted by Crippen LogP contribution is -2.40. The average Bonchev–Trinajstić information content (AvgIpc) is 3.30. The predicted octanol–water partition coefficient (Wildman–Crippen LogP) is 3.71. The zero-order valence-corrected chi connectivity index (χ0v) is 17.8. The lowest BCUT2D eigenvalue weighted by Gasteiger charge is -2.32. The Morgan fingerprint density at radius 1 is 1.24 bits per heavy atom. The molecule has 1 N–H and O–H groups in total. The molecule has 1 fully saturated rings. The van der Waals surface area contributed by atoms with Crippen molar-refractivity contribution < 1.29 is 19.1 Å². The fourth-order valence-corrected chi connectivity index (χ4v) is 4.30. The van der Waals surface area contributed by atoms with Gasteiger partial charge in [0.25, 0.3) is 5.91 Å². The number of carbonyl (C=O) groups excluding carboxylic acids is 2. The number of nitrogens with one attached hydrogen (secondary N) is 1. The third-order valence-electron chi connectivity index (χ3n) is 5.32. The van der Waals surface area contributed by atoms with Gasteiger partial charge in [0.15, 0.2) is 0 Å². The highest BCUT2D eigenvalue weighted by Crippen LogP contribution is 2.25. The highest BCUT2D eigenvalue weighted by Gasteiger charge is 2.25.